The summed E-state index contributed by atoms with van der Waals surface area (Å²) < 4.78 is 115. The Morgan fingerprint density at radius 2 is 1.71 bits per heavy atom. The molecule has 0 fully saturated rings. The second-order valence-electron chi connectivity index (χ2n) is 7.68. The highest BCUT2D eigenvalue weighted by Crippen LogP contribution is 2.36. The quantitative estimate of drug-likeness (QED) is 0.235. The van der Waals surface area contributed by atoms with Gasteiger partial charge in [-0.15, -0.1) is 0 Å². The van der Waals surface area contributed by atoms with Crippen molar-refractivity contribution < 1.29 is 39.5 Å². The third-order valence-corrected chi connectivity index (χ3v) is 6.15. The molecule has 2 aromatic heterocycles. The Morgan fingerprint density at radius 3 is 2.42 bits per heavy atom. The number of rotatable bonds is 7. The second kappa shape index (κ2) is 10.2. The highest BCUT2D eigenvalue weighted by Gasteiger charge is 2.31. The highest BCUT2D eigenvalue weighted by molar-refractivity contribution is 7.91. The maximum atomic E-state index is 14.8. The molecule has 0 aliphatic carbocycles. The van der Waals surface area contributed by atoms with Gasteiger partial charge >= 0.3 is 6.18 Å². The predicted octanol–water partition coefficient (Wildman–Crippen LogP) is 5.29. The van der Waals surface area contributed by atoms with E-state index < -0.39 is 56.4 Å². The van der Waals surface area contributed by atoms with E-state index in [9.17, 15) is 34.8 Å². The molecule has 4 rings (SSSR count). The third-order valence-electron chi connectivity index (χ3n) is 4.92. The molecule has 0 unspecified atom stereocenters. The Morgan fingerprint density at radius 1 is 0.947 bits per heavy atom. The van der Waals surface area contributed by atoms with Crippen molar-refractivity contribution >= 4 is 21.7 Å². The number of nitrogens with one attached hydrogen (secondary N) is 1. The van der Waals surface area contributed by atoms with Gasteiger partial charge in [0.1, 0.15) is 5.69 Å². The molecule has 0 amide bonds. The number of benzene rings is 2. The Kier molecular flexibility index (Phi) is 7.13. The number of nitrogen functional groups attached to an aromatic ring is 1. The molecule has 2 heterocycles. The van der Waals surface area contributed by atoms with Crippen LogP contribution < -0.4 is 15.2 Å². The molecule has 3 N–H and O–H groups in total. The SMILES string of the molecule is Nc1nccc(-c2cccnc2Oc2cc(F)c(NS(=O)(=O)Cc3cccc(C(F)(F)F)c3)c(F)c2F)n1. The molecule has 0 aliphatic heterocycles. The molecular weight excluding hydrogens is 540 g/mol. The molecule has 0 radical (unpaired) electrons. The van der Waals surface area contributed by atoms with Crippen molar-refractivity contribution in [3.63, 3.8) is 0 Å². The average molecular weight is 555 g/mol. The van der Waals surface area contributed by atoms with Crippen LogP contribution in [0.4, 0.5) is 38.0 Å². The fraction of sp³-hybridized carbons (Fsp3) is 0.0870. The van der Waals surface area contributed by atoms with E-state index in [0.717, 1.165) is 18.2 Å². The smallest absolute Gasteiger partial charge is 0.416 e. The lowest BCUT2D eigenvalue weighted by atomic mass is 10.1. The zero-order chi connectivity index (χ0) is 27.7. The summed E-state index contributed by atoms with van der Waals surface area (Å²) >= 11 is 0. The van der Waals surface area contributed by atoms with E-state index in [1.165, 1.54) is 35.3 Å². The van der Waals surface area contributed by atoms with Gasteiger partial charge < -0.3 is 10.5 Å². The molecular formula is C23H15F6N5O3S. The molecule has 0 saturated heterocycles. The molecule has 4 aromatic rings. The zero-order valence-electron chi connectivity index (χ0n) is 18.8. The van der Waals surface area contributed by atoms with Gasteiger partial charge in [-0.1, -0.05) is 18.2 Å². The van der Waals surface area contributed by atoms with E-state index in [4.69, 9.17) is 10.5 Å². The van der Waals surface area contributed by atoms with Crippen LogP contribution in [0, 0.1) is 17.5 Å². The van der Waals surface area contributed by atoms with E-state index in [1.54, 1.807) is 0 Å². The summed E-state index contributed by atoms with van der Waals surface area (Å²) in [5.41, 5.74) is 3.12. The van der Waals surface area contributed by atoms with Crippen LogP contribution in [0.3, 0.4) is 0 Å². The first-order valence-electron chi connectivity index (χ1n) is 10.4. The number of nitrogens with two attached hydrogens (primary N) is 1. The molecule has 0 atom stereocenters. The number of nitrogens with zero attached hydrogens (tertiary/aromatic N) is 3. The van der Waals surface area contributed by atoms with Gasteiger partial charge in [-0.2, -0.15) is 17.6 Å². The van der Waals surface area contributed by atoms with Crippen LogP contribution in [-0.4, -0.2) is 23.4 Å². The largest absolute Gasteiger partial charge is 0.435 e. The van der Waals surface area contributed by atoms with Crippen LogP contribution in [0.15, 0.2) is 60.9 Å². The van der Waals surface area contributed by atoms with E-state index in [-0.39, 0.29) is 28.6 Å². The van der Waals surface area contributed by atoms with E-state index in [0.29, 0.717) is 12.1 Å². The first-order valence-corrected chi connectivity index (χ1v) is 12.0. The van der Waals surface area contributed by atoms with Crippen molar-refractivity contribution in [1.29, 1.82) is 0 Å². The molecule has 0 bridgehead atoms. The normalized spacial score (nSPS) is 11.8. The Hall–Kier alpha value is -4.40. The lowest BCUT2D eigenvalue weighted by Gasteiger charge is -2.14. The summed E-state index contributed by atoms with van der Waals surface area (Å²) in [4.78, 5) is 11.6. The summed E-state index contributed by atoms with van der Waals surface area (Å²) in [5.74, 6) is -7.71. The van der Waals surface area contributed by atoms with Gasteiger partial charge in [-0.3, -0.25) is 4.72 Å². The van der Waals surface area contributed by atoms with Gasteiger partial charge in [0, 0.05) is 18.5 Å². The van der Waals surface area contributed by atoms with Gasteiger partial charge in [0.05, 0.1) is 22.6 Å². The van der Waals surface area contributed by atoms with Crippen molar-refractivity contribution in [2.75, 3.05) is 10.5 Å². The molecule has 198 valence electrons. The van der Waals surface area contributed by atoms with Crippen LogP contribution in [0.1, 0.15) is 11.1 Å². The number of ether oxygens (including phenoxy) is 1. The zero-order valence-corrected chi connectivity index (χ0v) is 19.6. The Labute approximate surface area is 211 Å². The van der Waals surface area contributed by atoms with Crippen molar-refractivity contribution in [3.05, 3.63) is 89.5 Å². The lowest BCUT2D eigenvalue weighted by Crippen LogP contribution is -2.18. The molecule has 2 aromatic carbocycles. The van der Waals surface area contributed by atoms with Gasteiger partial charge in [0.25, 0.3) is 0 Å². The van der Waals surface area contributed by atoms with E-state index >= 15 is 0 Å². The first kappa shape index (κ1) is 26.7. The second-order valence-corrected chi connectivity index (χ2v) is 9.40. The van der Waals surface area contributed by atoms with Crippen molar-refractivity contribution in [3.8, 4) is 22.9 Å². The first-order chi connectivity index (χ1) is 17.8. The molecule has 0 spiro atoms. The van der Waals surface area contributed by atoms with Gasteiger partial charge in [-0.25, -0.2) is 32.2 Å². The van der Waals surface area contributed by atoms with Crippen LogP contribution >= 0.6 is 0 Å². The number of aromatic nitrogens is 3. The average Bonchev–Trinajstić information content (AvgIpc) is 2.85. The van der Waals surface area contributed by atoms with Crippen molar-refractivity contribution in [2.45, 2.75) is 11.9 Å². The number of pyridine rings is 1. The minimum absolute atomic E-state index is 0.0951. The van der Waals surface area contributed by atoms with Crippen LogP contribution in [0.5, 0.6) is 11.6 Å². The molecule has 8 nitrogen and oxygen atoms in total. The van der Waals surface area contributed by atoms with E-state index in [1.807, 2.05) is 0 Å². The minimum Gasteiger partial charge on any atom is -0.435 e. The highest BCUT2D eigenvalue weighted by atomic mass is 32.2. The number of halogens is 6. The third kappa shape index (κ3) is 5.94. The molecule has 0 aliphatic rings. The minimum atomic E-state index is -4.74. The topological polar surface area (TPSA) is 120 Å². The molecule has 0 saturated carbocycles. The van der Waals surface area contributed by atoms with Crippen LogP contribution in [-0.2, 0) is 22.0 Å². The van der Waals surface area contributed by atoms with Gasteiger partial charge in [0.15, 0.2) is 17.4 Å². The number of hydrogen-bond donors (Lipinski definition) is 2. The standard InChI is InChI=1S/C23H15F6N5O3S/c24-15-10-17(37-21-14(5-2-7-31-21)16-6-8-32-22(30)33-16)18(25)19(26)20(15)34-38(35,36)11-12-3-1-4-13(9-12)23(27,28)29/h1-10,34H,11H2,(H2,30,32,33). The summed E-state index contributed by atoms with van der Waals surface area (Å²) in [7, 11) is -4.67. The fourth-order valence-electron chi connectivity index (χ4n) is 3.28. The molecule has 38 heavy (non-hydrogen) atoms. The summed E-state index contributed by atoms with van der Waals surface area (Å²) in [5, 5.41) is 0. The molecule has 15 heteroatoms. The lowest BCUT2D eigenvalue weighted by molar-refractivity contribution is -0.137. The Bertz CT molecular complexity index is 1620. The maximum Gasteiger partial charge on any atom is 0.416 e. The van der Waals surface area contributed by atoms with Crippen molar-refractivity contribution in [2.24, 2.45) is 0 Å². The van der Waals surface area contributed by atoms with Crippen LogP contribution in [0.2, 0.25) is 0 Å². The predicted molar refractivity (Wildman–Crippen MR) is 124 cm³/mol. The van der Waals surface area contributed by atoms with E-state index in [2.05, 4.69) is 15.0 Å². The number of sulfonamides is 1. The van der Waals surface area contributed by atoms with Gasteiger partial charge in [0.2, 0.25) is 27.7 Å². The van der Waals surface area contributed by atoms with Crippen LogP contribution in [0.25, 0.3) is 11.3 Å². The number of alkyl halides is 3. The summed E-state index contributed by atoms with van der Waals surface area (Å²) in [6.07, 6.45) is -2.16. The number of hydrogen-bond acceptors (Lipinski definition) is 7. The summed E-state index contributed by atoms with van der Waals surface area (Å²) in [6, 6.07) is 8.11. The summed E-state index contributed by atoms with van der Waals surface area (Å²) in [6.45, 7) is 0. The van der Waals surface area contributed by atoms with Gasteiger partial charge in [-0.05, 0) is 29.8 Å². The Balaban J connectivity index is 1.61. The van der Waals surface area contributed by atoms with Crippen molar-refractivity contribution in [1.82, 2.24) is 15.0 Å². The monoisotopic (exact) mass is 555 g/mol. The maximum absolute atomic E-state index is 14.8. The number of anilines is 2. The fourth-order valence-corrected chi connectivity index (χ4v) is 4.47.